The summed E-state index contributed by atoms with van der Waals surface area (Å²) in [5, 5.41) is 71.2. The predicted molar refractivity (Wildman–Crippen MR) is 233 cm³/mol. The number of ether oxygens (including phenoxy) is 2. The number of aliphatic hydroxyl groups excluding tert-OH is 2. The van der Waals surface area contributed by atoms with Gasteiger partial charge in [-0.05, 0) is 138 Å². The molecule has 0 bridgehead atoms. The minimum atomic E-state index is -1.19. The number of aryl methyl sites for hydroxylation is 2. The number of Topliss-reactive ketones (excluding diaryl/α,β-unsaturated/α-hetero) is 1. The van der Waals surface area contributed by atoms with Gasteiger partial charge in [0, 0.05) is 23.7 Å². The maximum absolute atomic E-state index is 15.2. The standard InChI is InChI=1S/C49H54N3O9/c1-29(2)28-61-45-23-31(21-43(58)48(45)59)8-15-42(57)47(41(56)14-7-30-6-13-40(55)44(22-30)60-3)49(18-16-39(54)38(49)27-35-5-4-19-50-35)34-17-20-51-46(26-34)52-36-11-9-33-25-37(53)12-10-32(33)24-36/h4-6,9-13,17,19-26,29,38-39,41,47,53-56,58-59H,7-8,14-16,18,27-28H2,1-3H3,(H,51,52)/q-1. The molecular formula is C49H54N3O9-. The van der Waals surface area contributed by atoms with E-state index in [1.165, 1.54) is 19.2 Å². The number of aliphatic hydroxyl groups is 2. The van der Waals surface area contributed by atoms with Gasteiger partial charge in [0.25, 0.3) is 0 Å². The molecule has 7 rings (SSSR count). The topological polar surface area (TPSA) is 196 Å². The fourth-order valence-electron chi connectivity index (χ4n) is 9.07. The zero-order chi connectivity index (χ0) is 43.3. The lowest BCUT2D eigenvalue weighted by atomic mass is 9.58. The van der Waals surface area contributed by atoms with Gasteiger partial charge in [0.15, 0.2) is 23.0 Å². The van der Waals surface area contributed by atoms with Crippen LogP contribution < -0.4 is 19.8 Å². The first kappa shape index (κ1) is 42.9. The number of carbonyl (C=O) groups excluding carboxylic acids is 1. The van der Waals surface area contributed by atoms with E-state index in [1.807, 2.05) is 62.4 Å². The van der Waals surface area contributed by atoms with Crippen molar-refractivity contribution in [2.75, 3.05) is 19.0 Å². The van der Waals surface area contributed by atoms with Crippen LogP contribution in [0.5, 0.6) is 34.5 Å². The van der Waals surface area contributed by atoms with Crippen molar-refractivity contribution in [1.29, 1.82) is 0 Å². The van der Waals surface area contributed by atoms with Crippen LogP contribution in [0.4, 0.5) is 11.5 Å². The fraction of sp³-hybridized carbons (Fsp3) is 0.347. The zero-order valence-corrected chi connectivity index (χ0v) is 34.7. The van der Waals surface area contributed by atoms with Crippen molar-refractivity contribution < 1.29 is 44.9 Å². The van der Waals surface area contributed by atoms with Crippen LogP contribution in [0.1, 0.15) is 61.9 Å². The second-order valence-corrected chi connectivity index (χ2v) is 16.6. The summed E-state index contributed by atoms with van der Waals surface area (Å²) in [5.41, 5.74) is 2.53. The molecule has 0 spiro atoms. The van der Waals surface area contributed by atoms with E-state index in [1.54, 1.807) is 42.7 Å². The van der Waals surface area contributed by atoms with Gasteiger partial charge < -0.3 is 50.4 Å². The summed E-state index contributed by atoms with van der Waals surface area (Å²) in [7, 11) is 1.47. The van der Waals surface area contributed by atoms with Gasteiger partial charge in [0.05, 0.1) is 31.8 Å². The fourth-order valence-corrected chi connectivity index (χ4v) is 9.07. The summed E-state index contributed by atoms with van der Waals surface area (Å²) in [6, 6.07) is 26.5. The molecule has 0 radical (unpaired) electrons. The molecule has 1 saturated carbocycles. The van der Waals surface area contributed by atoms with Crippen LogP contribution in [-0.4, -0.2) is 67.3 Å². The maximum atomic E-state index is 15.2. The van der Waals surface area contributed by atoms with Crippen molar-refractivity contribution in [3.8, 4) is 34.5 Å². The molecule has 5 unspecified atom stereocenters. The largest absolute Gasteiger partial charge is 0.668 e. The highest BCUT2D eigenvalue weighted by Gasteiger charge is 2.57. The second-order valence-electron chi connectivity index (χ2n) is 16.6. The van der Waals surface area contributed by atoms with E-state index in [9.17, 15) is 30.6 Å². The Bertz CT molecular complexity index is 2450. The number of aromatic hydroxyl groups is 4. The molecule has 1 fully saturated rings. The highest BCUT2D eigenvalue weighted by molar-refractivity contribution is 5.87. The van der Waals surface area contributed by atoms with Crippen LogP contribution in [-0.2, 0) is 29.5 Å². The van der Waals surface area contributed by atoms with Gasteiger partial charge >= 0.3 is 0 Å². The molecule has 1 aliphatic carbocycles. The monoisotopic (exact) mass is 828 g/mol. The zero-order valence-electron chi connectivity index (χ0n) is 34.7. The number of pyridine rings is 1. The molecule has 0 saturated heterocycles. The van der Waals surface area contributed by atoms with Crippen LogP contribution in [0.25, 0.3) is 10.8 Å². The van der Waals surface area contributed by atoms with Gasteiger partial charge in [0.2, 0.25) is 5.75 Å². The van der Waals surface area contributed by atoms with Crippen molar-refractivity contribution in [3.63, 3.8) is 0 Å². The van der Waals surface area contributed by atoms with Crippen LogP contribution in [0.15, 0.2) is 103 Å². The summed E-state index contributed by atoms with van der Waals surface area (Å²) in [6.07, 6.45) is 3.18. The van der Waals surface area contributed by atoms with Crippen LogP contribution in [0.2, 0.25) is 0 Å². The third-order valence-electron chi connectivity index (χ3n) is 12.0. The van der Waals surface area contributed by atoms with Gasteiger partial charge in [-0.3, -0.25) is 4.79 Å². The van der Waals surface area contributed by atoms with E-state index in [4.69, 9.17) is 9.47 Å². The van der Waals surface area contributed by atoms with E-state index in [2.05, 4.69) is 15.3 Å². The van der Waals surface area contributed by atoms with E-state index in [0.717, 1.165) is 33.3 Å². The normalized spacial score (nSPS) is 18.6. The number of methoxy groups -OCH3 is 1. The summed E-state index contributed by atoms with van der Waals surface area (Å²) in [5.74, 6) is -1.25. The van der Waals surface area contributed by atoms with Crippen molar-refractivity contribution >= 4 is 28.1 Å². The van der Waals surface area contributed by atoms with Gasteiger partial charge in [-0.2, -0.15) is 11.9 Å². The number of hydrogen-bond acceptors (Lipinski definition) is 11. The Hall–Kier alpha value is -6.24. The second kappa shape index (κ2) is 18.6. The van der Waals surface area contributed by atoms with Gasteiger partial charge in [-0.1, -0.05) is 44.2 Å². The Morgan fingerprint density at radius 3 is 2.46 bits per heavy atom. The molecule has 5 atom stereocenters. The average molecular weight is 829 g/mol. The van der Waals surface area contributed by atoms with E-state index in [0.29, 0.717) is 49.4 Å². The number of ketones is 1. The van der Waals surface area contributed by atoms with Crippen LogP contribution in [0.3, 0.4) is 0 Å². The Morgan fingerprint density at radius 1 is 0.902 bits per heavy atom. The first-order chi connectivity index (χ1) is 29.3. The predicted octanol–water partition coefficient (Wildman–Crippen LogP) is 7.86. The van der Waals surface area contributed by atoms with E-state index in [-0.39, 0.29) is 59.7 Å². The number of anilines is 2. The first-order valence-electron chi connectivity index (χ1n) is 20.8. The minimum absolute atomic E-state index is 0.00849. The quantitative estimate of drug-likeness (QED) is 0.0415. The molecule has 1 aliphatic rings. The van der Waals surface area contributed by atoms with Crippen LogP contribution in [0, 0.1) is 17.8 Å². The highest BCUT2D eigenvalue weighted by atomic mass is 16.5. The SMILES string of the molecule is COc1cc(CCC(O)C(C(=O)CCc2cc(O)c(O)c(OCC(C)C)c2)C2(c3ccnc(Nc4ccc5cc(O)ccc5c4)c3)CCC(O)C2Cc2ccc[n-]2)ccc1O. The molecule has 4 aromatic carbocycles. The number of aromatic nitrogens is 2. The highest BCUT2D eigenvalue weighted by Crippen LogP contribution is 2.54. The molecule has 0 amide bonds. The third kappa shape index (κ3) is 9.56. The molecule has 7 N–H and O–H groups in total. The molecule has 12 nitrogen and oxygen atoms in total. The molecule has 12 heteroatoms. The first-order valence-corrected chi connectivity index (χ1v) is 20.8. The third-order valence-corrected chi connectivity index (χ3v) is 12.0. The molecule has 0 aliphatic heterocycles. The number of fused-ring (bicyclic) bond motifs is 1. The smallest absolute Gasteiger partial charge is 0.200 e. The van der Waals surface area contributed by atoms with Crippen molar-refractivity contribution in [3.05, 3.63) is 126 Å². The number of phenols is 4. The van der Waals surface area contributed by atoms with Gasteiger partial charge in [-0.25, -0.2) is 4.98 Å². The minimum Gasteiger partial charge on any atom is -0.668 e. The lowest BCUT2D eigenvalue weighted by molar-refractivity contribution is -0.132. The van der Waals surface area contributed by atoms with Gasteiger partial charge in [0.1, 0.15) is 17.4 Å². The molecule has 2 heterocycles. The number of hydrogen-bond donors (Lipinski definition) is 7. The summed E-state index contributed by atoms with van der Waals surface area (Å²) < 4.78 is 11.2. The number of benzene rings is 4. The summed E-state index contributed by atoms with van der Waals surface area (Å²) in [6.45, 7) is 4.26. The van der Waals surface area contributed by atoms with E-state index >= 15 is 4.79 Å². The average Bonchev–Trinajstić information content (AvgIpc) is 3.88. The Labute approximate surface area is 355 Å². The lowest BCUT2D eigenvalue weighted by Crippen LogP contribution is -2.51. The molecule has 320 valence electrons. The molecule has 61 heavy (non-hydrogen) atoms. The Morgan fingerprint density at radius 2 is 1.69 bits per heavy atom. The molecular weight excluding hydrogens is 775 g/mol. The van der Waals surface area contributed by atoms with Crippen molar-refractivity contribution in [1.82, 2.24) is 9.97 Å². The number of rotatable bonds is 18. The number of nitrogens with one attached hydrogen (secondary N) is 1. The van der Waals surface area contributed by atoms with E-state index < -0.39 is 29.5 Å². The lowest BCUT2D eigenvalue weighted by Gasteiger charge is -2.45. The van der Waals surface area contributed by atoms with Crippen molar-refractivity contribution in [2.24, 2.45) is 17.8 Å². The number of carbonyl (C=O) groups is 1. The number of phenolic OH excluding ortho intramolecular Hbond substituents is 4. The molecule has 6 aromatic rings. The van der Waals surface area contributed by atoms with Crippen LogP contribution >= 0.6 is 0 Å². The number of nitrogens with zero attached hydrogens (tertiary/aromatic N) is 2. The Kier molecular flexibility index (Phi) is 13.1. The maximum Gasteiger partial charge on any atom is 0.200 e. The summed E-state index contributed by atoms with van der Waals surface area (Å²) >= 11 is 0. The summed E-state index contributed by atoms with van der Waals surface area (Å²) in [4.78, 5) is 24.4. The Balaban J connectivity index is 1.29. The molecule has 2 aromatic heterocycles. The van der Waals surface area contributed by atoms with Gasteiger partial charge in [-0.15, -0.1) is 0 Å². The van der Waals surface area contributed by atoms with Crippen molar-refractivity contribution in [2.45, 2.75) is 76.4 Å².